The Labute approximate surface area is 154 Å². The lowest BCUT2D eigenvalue weighted by Crippen LogP contribution is -2.33. The number of hydrogen-bond donors (Lipinski definition) is 1. The summed E-state index contributed by atoms with van der Waals surface area (Å²) in [4.78, 5) is 25.2. The summed E-state index contributed by atoms with van der Waals surface area (Å²) in [6.07, 6.45) is 1.86. The van der Waals surface area contributed by atoms with E-state index in [2.05, 4.69) is 10.5 Å². The number of benzene rings is 1. The molecule has 6 nitrogen and oxygen atoms in total. The first-order valence-corrected chi connectivity index (χ1v) is 9.13. The monoisotopic (exact) mass is 389 g/mol. The number of unbranched alkanes of at least 4 members (excludes halogenated alkanes) is 1. The predicted octanol–water partition coefficient (Wildman–Crippen LogP) is 3.13. The lowest BCUT2D eigenvalue weighted by Gasteiger charge is -2.15. The molecule has 9 heteroatoms. The van der Waals surface area contributed by atoms with Crippen molar-refractivity contribution in [3.05, 3.63) is 28.2 Å². The van der Waals surface area contributed by atoms with Gasteiger partial charge in [0, 0.05) is 11.6 Å². The summed E-state index contributed by atoms with van der Waals surface area (Å²) >= 11 is 13.1. The molecule has 130 valence electrons. The van der Waals surface area contributed by atoms with Gasteiger partial charge in [0.25, 0.3) is 5.91 Å². The van der Waals surface area contributed by atoms with E-state index in [0.29, 0.717) is 33.3 Å². The molecule has 1 aromatic carbocycles. The number of thioether (sulfide) groups is 1. The minimum Gasteiger partial charge on any atom is -0.482 e. The van der Waals surface area contributed by atoms with Crippen molar-refractivity contribution in [1.82, 2.24) is 10.3 Å². The molecule has 1 aliphatic rings. The fourth-order valence-corrected chi connectivity index (χ4v) is 3.23. The molecule has 1 aromatic rings. The molecule has 1 fully saturated rings. The first-order chi connectivity index (χ1) is 11.5. The van der Waals surface area contributed by atoms with E-state index in [1.807, 2.05) is 6.92 Å². The highest BCUT2D eigenvalue weighted by Crippen LogP contribution is 2.27. The van der Waals surface area contributed by atoms with Crippen molar-refractivity contribution in [3.63, 3.8) is 0 Å². The van der Waals surface area contributed by atoms with Crippen LogP contribution in [0.4, 0.5) is 0 Å². The van der Waals surface area contributed by atoms with Gasteiger partial charge in [0.05, 0.1) is 10.8 Å². The Bertz CT molecular complexity index is 655. The van der Waals surface area contributed by atoms with E-state index in [1.165, 1.54) is 17.8 Å². The Kier molecular flexibility index (Phi) is 7.20. The quantitative estimate of drug-likeness (QED) is 0.727. The zero-order valence-corrected chi connectivity index (χ0v) is 15.4. The van der Waals surface area contributed by atoms with Gasteiger partial charge in [0.2, 0.25) is 5.91 Å². The maximum Gasteiger partial charge on any atom is 0.278 e. The van der Waals surface area contributed by atoms with Crippen molar-refractivity contribution in [2.24, 2.45) is 5.10 Å². The van der Waals surface area contributed by atoms with Crippen LogP contribution in [0.15, 0.2) is 23.3 Å². The normalized spacial score (nSPS) is 15.9. The number of rotatable bonds is 7. The minimum absolute atomic E-state index is 0.00523. The van der Waals surface area contributed by atoms with Gasteiger partial charge in [-0.05, 0) is 24.6 Å². The second-order valence-corrected chi connectivity index (χ2v) is 6.77. The van der Waals surface area contributed by atoms with E-state index >= 15 is 0 Å². The molecule has 0 radical (unpaired) electrons. The summed E-state index contributed by atoms with van der Waals surface area (Å²) in [5, 5.41) is 5.32. The van der Waals surface area contributed by atoms with Crippen molar-refractivity contribution >= 4 is 51.9 Å². The number of nitrogens with zero attached hydrogens (tertiary/aromatic N) is 2. The van der Waals surface area contributed by atoms with E-state index in [0.717, 1.165) is 12.8 Å². The van der Waals surface area contributed by atoms with Gasteiger partial charge in [-0.15, -0.1) is 5.10 Å². The second-order valence-electron chi connectivity index (χ2n) is 4.98. The first kappa shape index (κ1) is 18.9. The van der Waals surface area contributed by atoms with E-state index in [9.17, 15) is 9.59 Å². The third kappa shape index (κ3) is 5.29. The molecule has 1 saturated heterocycles. The van der Waals surface area contributed by atoms with E-state index in [1.54, 1.807) is 17.0 Å². The standard InChI is InChI=1S/C15H17Cl2N3O3S/c1-2-3-6-20-14(22)9-24-15(20)19-18-13(21)8-23-12-5-4-10(16)7-11(12)17/h4-5,7H,2-3,6,8-9H2,1H3,(H,18,21)/b19-15+. The van der Waals surface area contributed by atoms with Crippen molar-refractivity contribution in [1.29, 1.82) is 0 Å². The summed E-state index contributed by atoms with van der Waals surface area (Å²) in [5.74, 6) is 0.267. The highest BCUT2D eigenvalue weighted by atomic mass is 35.5. The van der Waals surface area contributed by atoms with Crippen LogP contribution in [0, 0.1) is 0 Å². The zero-order chi connectivity index (χ0) is 17.5. The Morgan fingerprint density at radius 1 is 1.46 bits per heavy atom. The molecule has 1 heterocycles. The van der Waals surface area contributed by atoms with Gasteiger partial charge in [-0.3, -0.25) is 14.5 Å². The number of nitrogens with one attached hydrogen (secondary N) is 1. The summed E-state index contributed by atoms with van der Waals surface area (Å²) < 4.78 is 5.32. The average molecular weight is 390 g/mol. The van der Waals surface area contributed by atoms with E-state index in [4.69, 9.17) is 27.9 Å². The molecular weight excluding hydrogens is 373 g/mol. The van der Waals surface area contributed by atoms with Crippen LogP contribution >= 0.6 is 35.0 Å². The molecule has 2 amide bonds. The van der Waals surface area contributed by atoms with E-state index in [-0.39, 0.29) is 12.5 Å². The molecular formula is C15H17Cl2N3O3S. The lowest BCUT2D eigenvalue weighted by molar-refractivity contribution is -0.125. The summed E-state index contributed by atoms with van der Waals surface area (Å²) in [6.45, 7) is 2.41. The smallest absolute Gasteiger partial charge is 0.278 e. The van der Waals surface area contributed by atoms with Gasteiger partial charge in [0.1, 0.15) is 5.75 Å². The largest absolute Gasteiger partial charge is 0.482 e. The van der Waals surface area contributed by atoms with Crippen LogP contribution in [0.25, 0.3) is 0 Å². The minimum atomic E-state index is -0.441. The maximum absolute atomic E-state index is 11.8. The number of hydrogen-bond acceptors (Lipinski definition) is 5. The Morgan fingerprint density at radius 3 is 2.96 bits per heavy atom. The molecule has 0 aromatic heterocycles. The van der Waals surface area contributed by atoms with Crippen LogP contribution in [-0.4, -0.2) is 40.8 Å². The van der Waals surface area contributed by atoms with Crippen molar-refractivity contribution in [2.75, 3.05) is 18.9 Å². The predicted molar refractivity (Wildman–Crippen MR) is 96.6 cm³/mol. The molecule has 1 aliphatic heterocycles. The third-order valence-corrected chi connectivity index (χ3v) is 4.61. The summed E-state index contributed by atoms with van der Waals surface area (Å²) in [6, 6.07) is 4.73. The number of carbonyl (C=O) groups excluding carboxylic acids is 2. The molecule has 24 heavy (non-hydrogen) atoms. The Balaban J connectivity index is 1.86. The number of carbonyl (C=O) groups is 2. The number of halogens is 2. The zero-order valence-electron chi connectivity index (χ0n) is 13.1. The first-order valence-electron chi connectivity index (χ1n) is 7.38. The third-order valence-electron chi connectivity index (χ3n) is 3.12. The Hall–Kier alpha value is -1.44. The molecule has 0 bridgehead atoms. The summed E-state index contributed by atoms with van der Waals surface area (Å²) in [5.41, 5.74) is 2.39. The van der Waals surface area contributed by atoms with Crippen LogP contribution in [0.1, 0.15) is 19.8 Å². The van der Waals surface area contributed by atoms with Crippen LogP contribution in [0.3, 0.4) is 0 Å². The van der Waals surface area contributed by atoms with Gasteiger partial charge in [-0.2, -0.15) is 0 Å². The van der Waals surface area contributed by atoms with Crippen LogP contribution < -0.4 is 10.2 Å². The highest BCUT2D eigenvalue weighted by molar-refractivity contribution is 8.15. The van der Waals surface area contributed by atoms with Gasteiger partial charge in [-0.25, -0.2) is 5.43 Å². The average Bonchev–Trinajstić information content (AvgIpc) is 2.90. The number of ether oxygens (including phenoxy) is 1. The number of hydrazone groups is 1. The summed E-state index contributed by atoms with van der Waals surface area (Å²) in [7, 11) is 0. The van der Waals surface area contributed by atoms with E-state index < -0.39 is 5.91 Å². The number of amidine groups is 1. The SMILES string of the molecule is CCCCN1C(=O)CS/C1=N/NC(=O)COc1ccc(Cl)cc1Cl. The van der Waals surface area contributed by atoms with Gasteiger partial charge < -0.3 is 4.74 Å². The van der Waals surface area contributed by atoms with Crippen LogP contribution in [0.2, 0.25) is 10.0 Å². The Morgan fingerprint density at radius 2 is 2.25 bits per heavy atom. The molecule has 0 aliphatic carbocycles. The van der Waals surface area contributed by atoms with Gasteiger partial charge >= 0.3 is 0 Å². The van der Waals surface area contributed by atoms with Crippen molar-refractivity contribution in [2.45, 2.75) is 19.8 Å². The molecule has 0 spiro atoms. The van der Waals surface area contributed by atoms with Crippen LogP contribution in [0.5, 0.6) is 5.75 Å². The molecule has 0 saturated carbocycles. The second kappa shape index (κ2) is 9.15. The van der Waals surface area contributed by atoms with Crippen molar-refractivity contribution < 1.29 is 14.3 Å². The topological polar surface area (TPSA) is 71.0 Å². The highest BCUT2D eigenvalue weighted by Gasteiger charge is 2.27. The molecule has 2 rings (SSSR count). The lowest BCUT2D eigenvalue weighted by atomic mass is 10.3. The maximum atomic E-state index is 11.8. The molecule has 1 N–H and O–H groups in total. The fraction of sp³-hybridized carbons (Fsp3) is 0.400. The number of amides is 2. The fourth-order valence-electron chi connectivity index (χ4n) is 1.90. The van der Waals surface area contributed by atoms with Gasteiger partial charge in [0.15, 0.2) is 11.8 Å². The molecule has 0 unspecified atom stereocenters. The van der Waals surface area contributed by atoms with Gasteiger partial charge in [-0.1, -0.05) is 48.3 Å². The van der Waals surface area contributed by atoms with Crippen LogP contribution in [-0.2, 0) is 9.59 Å². The van der Waals surface area contributed by atoms with Crippen molar-refractivity contribution in [3.8, 4) is 5.75 Å². The molecule has 0 atom stereocenters.